The van der Waals surface area contributed by atoms with Crippen LogP contribution in [-0.2, 0) is 9.59 Å². The number of amides is 1. The van der Waals surface area contributed by atoms with Gasteiger partial charge in [-0.05, 0) is 18.9 Å². The van der Waals surface area contributed by atoms with Gasteiger partial charge in [0.2, 0.25) is 5.91 Å². The van der Waals surface area contributed by atoms with E-state index < -0.39 is 23.5 Å². The summed E-state index contributed by atoms with van der Waals surface area (Å²) >= 11 is 0. The second kappa shape index (κ2) is 4.42. The first-order valence-corrected chi connectivity index (χ1v) is 5.76. The fraction of sp³-hybridized carbons (Fsp3) is 0.385. The lowest BCUT2D eigenvalue weighted by Gasteiger charge is -2.16. The molecular weight excluding hydrogens is 234 g/mol. The van der Waals surface area contributed by atoms with Gasteiger partial charge in [0.1, 0.15) is 11.6 Å². The molecule has 3 atom stereocenters. The van der Waals surface area contributed by atoms with Gasteiger partial charge in [-0.15, -0.1) is 0 Å². The van der Waals surface area contributed by atoms with Crippen LogP contribution in [0.5, 0.6) is 0 Å². The van der Waals surface area contributed by atoms with Gasteiger partial charge in [-0.25, -0.2) is 4.79 Å². The van der Waals surface area contributed by atoms with Crippen LogP contribution in [0.25, 0.3) is 0 Å². The van der Waals surface area contributed by atoms with E-state index in [0.717, 1.165) is 5.56 Å². The van der Waals surface area contributed by atoms with E-state index in [4.69, 9.17) is 5.11 Å². The van der Waals surface area contributed by atoms with Crippen molar-refractivity contribution in [3.8, 4) is 0 Å². The number of rotatable bonds is 4. The van der Waals surface area contributed by atoms with Crippen LogP contribution in [0.1, 0.15) is 24.8 Å². The molecule has 3 N–H and O–H groups in total. The summed E-state index contributed by atoms with van der Waals surface area (Å²) in [5, 5.41) is 20.8. The van der Waals surface area contributed by atoms with Crippen molar-refractivity contribution in [2.24, 2.45) is 0 Å². The Balaban J connectivity index is 2.18. The Morgan fingerprint density at radius 3 is 2.50 bits per heavy atom. The number of benzene rings is 1. The predicted octanol–water partition coefficient (Wildman–Crippen LogP) is 0.494. The van der Waals surface area contributed by atoms with Crippen LogP contribution in [0.4, 0.5) is 0 Å². The van der Waals surface area contributed by atoms with E-state index in [1.54, 1.807) is 0 Å². The first-order valence-electron chi connectivity index (χ1n) is 5.76. The van der Waals surface area contributed by atoms with Crippen molar-refractivity contribution < 1.29 is 19.8 Å². The number of carboxylic acids is 1. The molecule has 1 fully saturated rings. The molecule has 1 aromatic rings. The molecule has 0 bridgehead atoms. The van der Waals surface area contributed by atoms with E-state index in [9.17, 15) is 14.7 Å². The van der Waals surface area contributed by atoms with E-state index >= 15 is 0 Å². The average molecular weight is 249 g/mol. The third-order valence-electron chi connectivity index (χ3n) is 3.27. The minimum atomic E-state index is -1.27. The van der Waals surface area contributed by atoms with Gasteiger partial charge in [-0.1, -0.05) is 30.3 Å². The van der Waals surface area contributed by atoms with Crippen molar-refractivity contribution in [1.82, 2.24) is 5.32 Å². The van der Waals surface area contributed by atoms with Crippen molar-refractivity contribution in [1.29, 1.82) is 0 Å². The SMILES string of the molecule is C[C@H](O)C(=O)N[C@@]1(C(=O)O)C[C@@H]1c1ccccc1. The summed E-state index contributed by atoms with van der Waals surface area (Å²) in [6, 6.07) is 9.18. The number of hydrogen-bond acceptors (Lipinski definition) is 3. The lowest BCUT2D eigenvalue weighted by atomic mass is 10.1. The number of aliphatic carboxylic acids is 1. The zero-order valence-electron chi connectivity index (χ0n) is 9.96. The van der Waals surface area contributed by atoms with Crippen LogP contribution in [0, 0.1) is 0 Å². The summed E-state index contributed by atoms with van der Waals surface area (Å²) in [4.78, 5) is 22.8. The van der Waals surface area contributed by atoms with Gasteiger partial charge in [-0.2, -0.15) is 0 Å². The minimum absolute atomic E-state index is 0.237. The quantitative estimate of drug-likeness (QED) is 0.725. The van der Waals surface area contributed by atoms with E-state index in [1.165, 1.54) is 6.92 Å². The van der Waals surface area contributed by atoms with Crippen LogP contribution in [0.3, 0.4) is 0 Å². The van der Waals surface area contributed by atoms with E-state index in [2.05, 4.69) is 5.32 Å². The molecule has 5 nitrogen and oxygen atoms in total. The fourth-order valence-corrected chi connectivity index (χ4v) is 2.10. The Labute approximate surface area is 104 Å². The number of nitrogens with one attached hydrogen (secondary N) is 1. The molecule has 0 aromatic heterocycles. The van der Waals surface area contributed by atoms with Crippen LogP contribution in [0.2, 0.25) is 0 Å². The number of carbonyl (C=O) groups excluding carboxylic acids is 1. The molecule has 96 valence electrons. The first-order chi connectivity index (χ1) is 8.47. The summed E-state index contributed by atoms with van der Waals surface area (Å²) in [7, 11) is 0. The zero-order chi connectivity index (χ0) is 13.3. The molecule has 2 rings (SSSR count). The number of carbonyl (C=O) groups is 2. The molecule has 0 spiro atoms. The maximum absolute atomic E-state index is 11.5. The van der Waals surface area contributed by atoms with Crippen molar-refractivity contribution in [3.63, 3.8) is 0 Å². The Hall–Kier alpha value is -1.88. The Morgan fingerprint density at radius 1 is 1.39 bits per heavy atom. The van der Waals surface area contributed by atoms with E-state index in [0.29, 0.717) is 6.42 Å². The highest BCUT2D eigenvalue weighted by Crippen LogP contribution is 2.51. The van der Waals surface area contributed by atoms with Crippen LogP contribution in [0.15, 0.2) is 30.3 Å². The van der Waals surface area contributed by atoms with Gasteiger partial charge in [0.25, 0.3) is 0 Å². The first kappa shape index (κ1) is 12.6. The van der Waals surface area contributed by atoms with E-state index in [1.807, 2.05) is 30.3 Å². The normalized spacial score (nSPS) is 27.3. The smallest absolute Gasteiger partial charge is 0.330 e. The summed E-state index contributed by atoms with van der Waals surface area (Å²) < 4.78 is 0. The third-order valence-corrected chi connectivity index (χ3v) is 3.27. The second-order valence-electron chi connectivity index (χ2n) is 4.61. The molecule has 1 amide bonds. The topological polar surface area (TPSA) is 86.6 Å². The predicted molar refractivity (Wildman–Crippen MR) is 64.0 cm³/mol. The van der Waals surface area contributed by atoms with Gasteiger partial charge in [-0.3, -0.25) is 4.79 Å². The highest BCUT2D eigenvalue weighted by molar-refractivity contribution is 5.92. The summed E-state index contributed by atoms with van der Waals surface area (Å²) in [6.07, 6.45) is -0.858. The molecule has 1 aromatic carbocycles. The molecule has 0 aliphatic heterocycles. The molecule has 5 heteroatoms. The van der Waals surface area contributed by atoms with Crippen LogP contribution >= 0.6 is 0 Å². The van der Waals surface area contributed by atoms with Crippen LogP contribution < -0.4 is 5.32 Å². The van der Waals surface area contributed by atoms with E-state index in [-0.39, 0.29) is 5.92 Å². The average Bonchev–Trinajstić information content (AvgIpc) is 3.06. The Kier molecular flexibility index (Phi) is 3.09. The monoisotopic (exact) mass is 249 g/mol. The highest BCUT2D eigenvalue weighted by atomic mass is 16.4. The number of aliphatic hydroxyl groups is 1. The largest absolute Gasteiger partial charge is 0.479 e. The summed E-state index contributed by atoms with van der Waals surface area (Å²) in [5.74, 6) is -1.96. The van der Waals surface area contributed by atoms with Gasteiger partial charge in [0, 0.05) is 5.92 Å². The maximum Gasteiger partial charge on any atom is 0.330 e. The highest BCUT2D eigenvalue weighted by Gasteiger charge is 2.62. The Morgan fingerprint density at radius 2 is 2.00 bits per heavy atom. The second-order valence-corrected chi connectivity index (χ2v) is 4.61. The molecule has 0 heterocycles. The minimum Gasteiger partial charge on any atom is -0.479 e. The molecule has 1 aliphatic carbocycles. The summed E-state index contributed by atoms with van der Waals surface area (Å²) in [6.45, 7) is 1.31. The molecule has 1 aliphatic rings. The fourth-order valence-electron chi connectivity index (χ4n) is 2.10. The zero-order valence-corrected chi connectivity index (χ0v) is 9.96. The van der Waals surface area contributed by atoms with Crippen molar-refractivity contribution in [2.75, 3.05) is 0 Å². The lowest BCUT2D eigenvalue weighted by molar-refractivity contribution is -0.144. The lowest BCUT2D eigenvalue weighted by Crippen LogP contribution is -2.48. The standard InChI is InChI=1S/C13H15NO4/c1-8(15)11(16)14-13(12(17)18)7-10(13)9-5-3-2-4-6-9/h2-6,8,10,15H,7H2,1H3,(H,14,16)(H,17,18)/t8-,10+,13-/m0/s1. The number of carboxylic acid groups (broad SMARTS) is 1. The molecular formula is C13H15NO4. The number of hydrogen-bond donors (Lipinski definition) is 3. The van der Waals surface area contributed by atoms with Crippen LogP contribution in [-0.4, -0.2) is 33.7 Å². The van der Waals surface area contributed by atoms with Crippen molar-refractivity contribution in [2.45, 2.75) is 30.9 Å². The van der Waals surface area contributed by atoms with Gasteiger partial charge >= 0.3 is 5.97 Å². The number of aliphatic hydroxyl groups excluding tert-OH is 1. The third kappa shape index (κ3) is 2.09. The van der Waals surface area contributed by atoms with Gasteiger partial charge in [0.05, 0.1) is 0 Å². The van der Waals surface area contributed by atoms with Crippen molar-refractivity contribution in [3.05, 3.63) is 35.9 Å². The summed E-state index contributed by atoms with van der Waals surface area (Å²) in [5.41, 5.74) is -0.388. The van der Waals surface area contributed by atoms with Gasteiger partial charge < -0.3 is 15.5 Å². The molecule has 0 radical (unpaired) electrons. The maximum atomic E-state index is 11.5. The Bertz CT molecular complexity index is 471. The molecule has 1 saturated carbocycles. The molecule has 18 heavy (non-hydrogen) atoms. The van der Waals surface area contributed by atoms with Crippen molar-refractivity contribution >= 4 is 11.9 Å². The van der Waals surface area contributed by atoms with Gasteiger partial charge in [0.15, 0.2) is 0 Å². The molecule has 0 unspecified atom stereocenters. The molecule has 0 saturated heterocycles.